The topological polar surface area (TPSA) is 41.5 Å². The molecule has 3 nitrogen and oxygen atoms in total. The lowest BCUT2D eigenvalue weighted by atomic mass is 10.0. The van der Waals surface area contributed by atoms with Gasteiger partial charge in [0.25, 0.3) is 0 Å². The maximum atomic E-state index is 9.20. The van der Waals surface area contributed by atoms with Crippen LogP contribution in [0, 0.1) is 5.92 Å². The Bertz CT molecular complexity index is 128. The second-order valence-electron chi connectivity index (χ2n) is 4.16. The molecule has 0 aliphatic carbocycles. The van der Waals surface area contributed by atoms with Crippen LogP contribution in [-0.2, 0) is 4.74 Å². The molecule has 0 saturated carbocycles. The molecule has 0 aliphatic rings. The summed E-state index contributed by atoms with van der Waals surface area (Å²) in [6.45, 7) is 7.85. The van der Waals surface area contributed by atoms with Gasteiger partial charge in [0.05, 0.1) is 12.7 Å². The van der Waals surface area contributed by atoms with Gasteiger partial charge < -0.3 is 15.2 Å². The Balaban J connectivity index is 3.56. The molecule has 0 aliphatic heterocycles. The van der Waals surface area contributed by atoms with Crippen molar-refractivity contribution in [3.05, 3.63) is 0 Å². The fraction of sp³-hybridized carbons (Fsp3) is 1.00. The van der Waals surface area contributed by atoms with E-state index in [4.69, 9.17) is 4.74 Å². The van der Waals surface area contributed by atoms with Gasteiger partial charge in [-0.1, -0.05) is 13.8 Å². The minimum atomic E-state index is -0.200. The third kappa shape index (κ3) is 7.30. The number of hydrogen-bond acceptors (Lipinski definition) is 3. The van der Waals surface area contributed by atoms with Crippen LogP contribution in [0.3, 0.4) is 0 Å². The van der Waals surface area contributed by atoms with Crippen molar-refractivity contribution < 1.29 is 9.84 Å². The summed E-state index contributed by atoms with van der Waals surface area (Å²) in [4.78, 5) is 0. The van der Waals surface area contributed by atoms with Gasteiger partial charge in [0.1, 0.15) is 0 Å². The fourth-order valence-electron chi connectivity index (χ4n) is 1.56. The summed E-state index contributed by atoms with van der Waals surface area (Å²) in [5.41, 5.74) is 0. The van der Waals surface area contributed by atoms with Gasteiger partial charge in [0.15, 0.2) is 0 Å². The van der Waals surface area contributed by atoms with E-state index in [1.807, 2.05) is 6.92 Å². The van der Waals surface area contributed by atoms with Gasteiger partial charge in [-0.15, -0.1) is 0 Å². The van der Waals surface area contributed by atoms with Gasteiger partial charge in [0.2, 0.25) is 0 Å². The van der Waals surface area contributed by atoms with Crippen LogP contribution in [0.4, 0.5) is 0 Å². The van der Waals surface area contributed by atoms with Crippen LogP contribution < -0.4 is 5.32 Å². The summed E-state index contributed by atoms with van der Waals surface area (Å²) in [6, 6.07) is 0.441. The molecule has 0 aromatic carbocycles. The van der Waals surface area contributed by atoms with E-state index in [2.05, 4.69) is 19.2 Å². The van der Waals surface area contributed by atoms with Gasteiger partial charge in [-0.05, 0) is 32.2 Å². The number of aliphatic hydroxyl groups excluding tert-OH is 1. The predicted molar refractivity (Wildman–Crippen MR) is 59.4 cm³/mol. The summed E-state index contributed by atoms with van der Waals surface area (Å²) in [7, 11) is 1.73. The number of hydrogen-bond donors (Lipinski definition) is 2. The van der Waals surface area contributed by atoms with E-state index < -0.39 is 0 Å². The van der Waals surface area contributed by atoms with Gasteiger partial charge >= 0.3 is 0 Å². The zero-order valence-electron chi connectivity index (χ0n) is 9.92. The molecule has 3 atom stereocenters. The normalized spacial score (nSPS) is 17.8. The molecule has 3 unspecified atom stereocenters. The fourth-order valence-corrected chi connectivity index (χ4v) is 1.56. The highest BCUT2D eigenvalue weighted by Crippen LogP contribution is 2.05. The molecule has 0 saturated heterocycles. The van der Waals surface area contributed by atoms with Crippen molar-refractivity contribution >= 4 is 0 Å². The van der Waals surface area contributed by atoms with Gasteiger partial charge in [-0.2, -0.15) is 0 Å². The number of ether oxygens (including phenoxy) is 1. The van der Waals surface area contributed by atoms with Crippen molar-refractivity contribution in [2.24, 2.45) is 5.92 Å². The molecule has 2 N–H and O–H groups in total. The quantitative estimate of drug-likeness (QED) is 0.626. The summed E-state index contributed by atoms with van der Waals surface area (Å²) in [6.07, 6.45) is 1.74. The van der Waals surface area contributed by atoms with Gasteiger partial charge in [-0.3, -0.25) is 0 Å². The van der Waals surface area contributed by atoms with E-state index in [1.54, 1.807) is 7.11 Å². The SMILES string of the molecule is CCC(COC)NCC(C)CC(C)O. The van der Waals surface area contributed by atoms with E-state index in [-0.39, 0.29) is 6.10 Å². The number of nitrogens with one attached hydrogen (secondary N) is 1. The highest BCUT2D eigenvalue weighted by molar-refractivity contribution is 4.67. The minimum absolute atomic E-state index is 0.200. The first kappa shape index (κ1) is 13.9. The third-order valence-electron chi connectivity index (χ3n) is 2.36. The Kier molecular flexibility index (Phi) is 8.14. The summed E-state index contributed by atoms with van der Waals surface area (Å²) >= 11 is 0. The maximum Gasteiger partial charge on any atom is 0.0615 e. The van der Waals surface area contributed by atoms with E-state index in [0.29, 0.717) is 12.0 Å². The average molecular weight is 203 g/mol. The van der Waals surface area contributed by atoms with Crippen molar-refractivity contribution in [1.82, 2.24) is 5.32 Å². The van der Waals surface area contributed by atoms with Crippen LogP contribution >= 0.6 is 0 Å². The number of rotatable bonds is 8. The molecule has 0 fully saturated rings. The van der Waals surface area contributed by atoms with E-state index in [0.717, 1.165) is 26.0 Å². The first-order chi connectivity index (χ1) is 6.60. The molecular weight excluding hydrogens is 178 g/mol. The molecule has 0 aromatic heterocycles. The zero-order chi connectivity index (χ0) is 11.0. The molecule has 0 radical (unpaired) electrons. The summed E-state index contributed by atoms with van der Waals surface area (Å²) in [5.74, 6) is 0.515. The predicted octanol–water partition coefficient (Wildman–Crippen LogP) is 1.41. The van der Waals surface area contributed by atoms with Gasteiger partial charge in [0, 0.05) is 13.2 Å². The van der Waals surface area contributed by atoms with Crippen LogP contribution in [-0.4, -0.2) is 37.5 Å². The second-order valence-corrected chi connectivity index (χ2v) is 4.16. The smallest absolute Gasteiger partial charge is 0.0615 e. The molecule has 14 heavy (non-hydrogen) atoms. The number of aliphatic hydroxyl groups is 1. The summed E-state index contributed by atoms with van der Waals surface area (Å²) in [5, 5.41) is 12.6. The Hall–Kier alpha value is -0.120. The van der Waals surface area contributed by atoms with Crippen molar-refractivity contribution in [2.45, 2.75) is 45.8 Å². The molecule has 86 valence electrons. The lowest BCUT2D eigenvalue weighted by molar-refractivity contribution is 0.148. The van der Waals surface area contributed by atoms with E-state index in [9.17, 15) is 5.11 Å². The summed E-state index contributed by atoms with van der Waals surface area (Å²) < 4.78 is 5.10. The molecule has 0 aromatic rings. The molecule has 3 heteroatoms. The second kappa shape index (κ2) is 8.21. The lowest BCUT2D eigenvalue weighted by Gasteiger charge is -2.20. The highest BCUT2D eigenvalue weighted by Gasteiger charge is 2.09. The van der Waals surface area contributed by atoms with Crippen molar-refractivity contribution in [1.29, 1.82) is 0 Å². The number of methoxy groups -OCH3 is 1. The van der Waals surface area contributed by atoms with E-state index >= 15 is 0 Å². The Morgan fingerprint density at radius 1 is 1.36 bits per heavy atom. The molecular formula is C11H25NO2. The van der Waals surface area contributed by atoms with Crippen molar-refractivity contribution in [3.8, 4) is 0 Å². The lowest BCUT2D eigenvalue weighted by Crippen LogP contribution is -2.36. The monoisotopic (exact) mass is 203 g/mol. The Morgan fingerprint density at radius 2 is 2.00 bits per heavy atom. The molecule has 0 spiro atoms. The first-order valence-corrected chi connectivity index (χ1v) is 5.50. The first-order valence-electron chi connectivity index (χ1n) is 5.50. The van der Waals surface area contributed by atoms with Crippen LogP contribution in [0.15, 0.2) is 0 Å². The molecule has 0 heterocycles. The standard InChI is InChI=1S/C11H25NO2/c1-5-11(8-14-4)12-7-9(2)6-10(3)13/h9-13H,5-8H2,1-4H3. The highest BCUT2D eigenvalue weighted by atomic mass is 16.5. The largest absolute Gasteiger partial charge is 0.393 e. The Labute approximate surface area is 87.8 Å². The van der Waals surface area contributed by atoms with Crippen molar-refractivity contribution in [2.75, 3.05) is 20.3 Å². The molecule has 0 bridgehead atoms. The Morgan fingerprint density at radius 3 is 2.43 bits per heavy atom. The van der Waals surface area contributed by atoms with Crippen LogP contribution in [0.1, 0.15) is 33.6 Å². The van der Waals surface area contributed by atoms with E-state index in [1.165, 1.54) is 0 Å². The molecule has 0 amide bonds. The average Bonchev–Trinajstić information content (AvgIpc) is 2.11. The van der Waals surface area contributed by atoms with Crippen LogP contribution in [0.5, 0.6) is 0 Å². The van der Waals surface area contributed by atoms with Crippen LogP contribution in [0.2, 0.25) is 0 Å². The van der Waals surface area contributed by atoms with Crippen LogP contribution in [0.25, 0.3) is 0 Å². The van der Waals surface area contributed by atoms with Crippen molar-refractivity contribution in [3.63, 3.8) is 0 Å². The molecule has 0 rings (SSSR count). The zero-order valence-corrected chi connectivity index (χ0v) is 9.92. The minimum Gasteiger partial charge on any atom is -0.393 e. The van der Waals surface area contributed by atoms with Gasteiger partial charge in [-0.25, -0.2) is 0 Å². The third-order valence-corrected chi connectivity index (χ3v) is 2.36. The maximum absolute atomic E-state index is 9.20.